The molecule has 1 aromatic heterocycles. The molecular formula is C18H27N3O3. The molecule has 1 N–H and O–H groups in total. The Morgan fingerprint density at radius 1 is 1.33 bits per heavy atom. The normalized spacial score (nSPS) is 25.6. The van der Waals surface area contributed by atoms with Crippen molar-refractivity contribution in [1.82, 2.24) is 14.9 Å². The van der Waals surface area contributed by atoms with Crippen molar-refractivity contribution in [2.24, 2.45) is 5.41 Å². The molecule has 2 aliphatic rings. The molecule has 2 atom stereocenters. The molecule has 1 heterocycles. The second-order valence-electron chi connectivity index (χ2n) is 7.10. The quantitative estimate of drug-likeness (QED) is 0.863. The van der Waals surface area contributed by atoms with Crippen molar-refractivity contribution in [2.75, 3.05) is 13.7 Å². The summed E-state index contributed by atoms with van der Waals surface area (Å²) < 4.78 is 6.02. The summed E-state index contributed by atoms with van der Waals surface area (Å²) in [5.74, 6) is -1.04. The fraction of sp³-hybridized carbons (Fsp3) is 0.722. The van der Waals surface area contributed by atoms with Gasteiger partial charge < -0.3 is 9.84 Å². The van der Waals surface area contributed by atoms with Crippen LogP contribution >= 0.6 is 0 Å². The van der Waals surface area contributed by atoms with Crippen LogP contribution in [0.2, 0.25) is 0 Å². The average Bonchev–Trinajstić information content (AvgIpc) is 2.59. The molecule has 0 bridgehead atoms. The summed E-state index contributed by atoms with van der Waals surface area (Å²) >= 11 is 0. The summed E-state index contributed by atoms with van der Waals surface area (Å²) in [6, 6.07) is 0.510. The van der Waals surface area contributed by atoms with Crippen molar-refractivity contribution in [3.05, 3.63) is 23.8 Å². The van der Waals surface area contributed by atoms with E-state index in [-0.39, 0.29) is 11.1 Å². The number of ether oxygens (including phenoxy) is 1. The van der Waals surface area contributed by atoms with E-state index in [4.69, 9.17) is 9.84 Å². The van der Waals surface area contributed by atoms with Crippen LogP contribution < -0.4 is 0 Å². The molecule has 132 valence electrons. The van der Waals surface area contributed by atoms with Gasteiger partial charge in [0.05, 0.1) is 24.2 Å². The number of nitrogens with zero attached hydrogens (tertiary/aromatic N) is 3. The number of aromatic carboxylic acids is 1. The van der Waals surface area contributed by atoms with Gasteiger partial charge >= 0.3 is 5.97 Å². The SMILES string of the molecule is CCOC1CC(N(C)Cc2cnc(C(=O)O)cn2)C12CCCCC2. The van der Waals surface area contributed by atoms with Crippen LogP contribution in [0, 0.1) is 5.41 Å². The Hall–Kier alpha value is -1.53. The van der Waals surface area contributed by atoms with E-state index < -0.39 is 5.97 Å². The lowest BCUT2D eigenvalue weighted by Crippen LogP contribution is -2.64. The summed E-state index contributed by atoms with van der Waals surface area (Å²) in [6.07, 6.45) is 10.8. The number of carboxylic acids is 1. The molecule has 0 aromatic carbocycles. The molecule has 6 nitrogen and oxygen atoms in total. The number of rotatable bonds is 6. The van der Waals surface area contributed by atoms with E-state index in [1.54, 1.807) is 6.20 Å². The van der Waals surface area contributed by atoms with Crippen LogP contribution in [0.1, 0.15) is 61.6 Å². The zero-order valence-corrected chi connectivity index (χ0v) is 14.6. The molecule has 3 rings (SSSR count). The van der Waals surface area contributed by atoms with Crippen LogP contribution in [0.3, 0.4) is 0 Å². The second kappa shape index (κ2) is 7.15. The highest BCUT2D eigenvalue weighted by atomic mass is 16.5. The van der Waals surface area contributed by atoms with E-state index in [9.17, 15) is 4.79 Å². The standard InChI is InChI=1S/C18H27N3O3/c1-3-24-16-9-15(18(16)7-5-4-6-8-18)21(2)12-13-10-20-14(11-19-13)17(22)23/h10-11,15-16H,3-9,12H2,1-2H3,(H,22,23). The molecule has 0 radical (unpaired) electrons. The summed E-state index contributed by atoms with van der Waals surface area (Å²) in [5, 5.41) is 8.91. The van der Waals surface area contributed by atoms with Gasteiger partial charge in [0.25, 0.3) is 0 Å². The Balaban J connectivity index is 1.67. The van der Waals surface area contributed by atoms with Crippen LogP contribution in [-0.2, 0) is 11.3 Å². The van der Waals surface area contributed by atoms with E-state index in [0.717, 1.165) is 18.7 Å². The minimum absolute atomic E-state index is 0.00907. The van der Waals surface area contributed by atoms with Crippen LogP contribution in [0.5, 0.6) is 0 Å². The van der Waals surface area contributed by atoms with E-state index in [0.29, 0.717) is 18.7 Å². The predicted octanol–water partition coefficient (Wildman–Crippen LogP) is 2.73. The van der Waals surface area contributed by atoms with Gasteiger partial charge in [-0.3, -0.25) is 9.88 Å². The molecule has 24 heavy (non-hydrogen) atoms. The molecule has 1 spiro atoms. The maximum absolute atomic E-state index is 10.9. The summed E-state index contributed by atoms with van der Waals surface area (Å²) in [4.78, 5) is 21.4. The molecule has 0 aliphatic heterocycles. The van der Waals surface area contributed by atoms with Crippen LogP contribution in [0.4, 0.5) is 0 Å². The van der Waals surface area contributed by atoms with Crippen molar-refractivity contribution < 1.29 is 14.6 Å². The number of hydrogen-bond acceptors (Lipinski definition) is 5. The first-order valence-corrected chi connectivity index (χ1v) is 8.93. The van der Waals surface area contributed by atoms with Crippen LogP contribution in [0.15, 0.2) is 12.4 Å². The zero-order valence-electron chi connectivity index (χ0n) is 14.6. The van der Waals surface area contributed by atoms with Gasteiger partial charge in [0, 0.05) is 24.6 Å². The Labute approximate surface area is 143 Å². The number of carbonyl (C=O) groups is 1. The van der Waals surface area contributed by atoms with E-state index in [2.05, 4.69) is 28.8 Å². The largest absolute Gasteiger partial charge is 0.476 e. The van der Waals surface area contributed by atoms with E-state index in [1.807, 2.05) is 0 Å². The minimum atomic E-state index is -1.04. The molecular weight excluding hydrogens is 306 g/mol. The smallest absolute Gasteiger partial charge is 0.356 e. The van der Waals surface area contributed by atoms with Gasteiger partial charge in [-0.25, -0.2) is 9.78 Å². The third-order valence-electron chi connectivity index (χ3n) is 5.76. The van der Waals surface area contributed by atoms with Gasteiger partial charge in [-0.2, -0.15) is 0 Å². The average molecular weight is 333 g/mol. The number of hydrogen-bond donors (Lipinski definition) is 1. The van der Waals surface area contributed by atoms with Crippen LogP contribution in [0.25, 0.3) is 0 Å². The Morgan fingerprint density at radius 2 is 2.08 bits per heavy atom. The van der Waals surface area contributed by atoms with Gasteiger partial charge in [-0.1, -0.05) is 19.3 Å². The van der Waals surface area contributed by atoms with Gasteiger partial charge in [0.2, 0.25) is 0 Å². The molecule has 0 amide bonds. The monoisotopic (exact) mass is 333 g/mol. The Morgan fingerprint density at radius 3 is 2.67 bits per heavy atom. The fourth-order valence-corrected chi connectivity index (χ4v) is 4.56. The highest BCUT2D eigenvalue weighted by Gasteiger charge is 2.56. The van der Waals surface area contributed by atoms with E-state index in [1.165, 1.54) is 38.3 Å². The molecule has 2 saturated carbocycles. The molecule has 2 fully saturated rings. The fourth-order valence-electron chi connectivity index (χ4n) is 4.56. The highest BCUT2D eigenvalue weighted by Crippen LogP contribution is 2.55. The Kier molecular flexibility index (Phi) is 5.15. The molecule has 0 saturated heterocycles. The molecule has 2 unspecified atom stereocenters. The van der Waals surface area contributed by atoms with E-state index >= 15 is 0 Å². The molecule has 1 aromatic rings. The number of carboxylic acid groups (broad SMARTS) is 1. The van der Waals surface area contributed by atoms with Crippen LogP contribution in [-0.4, -0.2) is 51.7 Å². The van der Waals surface area contributed by atoms with Gasteiger partial charge in [0.15, 0.2) is 5.69 Å². The Bertz CT molecular complexity index is 569. The summed E-state index contributed by atoms with van der Waals surface area (Å²) in [5.41, 5.74) is 1.09. The van der Waals surface area contributed by atoms with Crippen molar-refractivity contribution in [3.63, 3.8) is 0 Å². The summed E-state index contributed by atoms with van der Waals surface area (Å²) in [7, 11) is 2.13. The predicted molar refractivity (Wildman–Crippen MR) is 89.8 cm³/mol. The lowest BCUT2D eigenvalue weighted by atomic mass is 9.54. The maximum Gasteiger partial charge on any atom is 0.356 e. The maximum atomic E-state index is 10.9. The first-order valence-electron chi connectivity index (χ1n) is 8.93. The minimum Gasteiger partial charge on any atom is -0.476 e. The van der Waals surface area contributed by atoms with Crippen molar-refractivity contribution in [3.8, 4) is 0 Å². The highest BCUT2D eigenvalue weighted by molar-refractivity contribution is 5.84. The first-order chi connectivity index (χ1) is 11.6. The lowest BCUT2D eigenvalue weighted by Gasteiger charge is -2.60. The third kappa shape index (κ3) is 3.17. The van der Waals surface area contributed by atoms with Crippen molar-refractivity contribution >= 4 is 5.97 Å². The second-order valence-corrected chi connectivity index (χ2v) is 7.10. The van der Waals surface area contributed by atoms with Crippen molar-refractivity contribution in [2.45, 2.75) is 64.1 Å². The van der Waals surface area contributed by atoms with Gasteiger partial charge in [-0.15, -0.1) is 0 Å². The molecule has 2 aliphatic carbocycles. The third-order valence-corrected chi connectivity index (χ3v) is 5.76. The first kappa shape index (κ1) is 17.3. The van der Waals surface area contributed by atoms with Crippen molar-refractivity contribution in [1.29, 1.82) is 0 Å². The number of aromatic nitrogens is 2. The topological polar surface area (TPSA) is 75.5 Å². The molecule has 6 heteroatoms. The van der Waals surface area contributed by atoms with Gasteiger partial charge in [0.1, 0.15) is 0 Å². The zero-order chi connectivity index (χ0) is 17.2. The lowest BCUT2D eigenvalue weighted by molar-refractivity contribution is -0.180. The summed E-state index contributed by atoms with van der Waals surface area (Å²) in [6.45, 7) is 3.55. The van der Waals surface area contributed by atoms with Gasteiger partial charge in [-0.05, 0) is 33.2 Å².